The van der Waals surface area contributed by atoms with Gasteiger partial charge in [-0.2, -0.15) is 5.26 Å². The summed E-state index contributed by atoms with van der Waals surface area (Å²) in [7, 11) is 0. The Morgan fingerprint density at radius 1 is 1.38 bits per heavy atom. The van der Waals surface area contributed by atoms with Crippen molar-refractivity contribution in [3.8, 4) is 6.07 Å². The van der Waals surface area contributed by atoms with Gasteiger partial charge in [-0.15, -0.1) is 0 Å². The summed E-state index contributed by atoms with van der Waals surface area (Å²) in [4.78, 5) is 26.3. The van der Waals surface area contributed by atoms with Gasteiger partial charge >= 0.3 is 0 Å². The number of carbonyl (C=O) groups excluding carboxylic acids is 1. The van der Waals surface area contributed by atoms with E-state index in [1.165, 1.54) is 12.8 Å². The Hall–Kier alpha value is -2.09. The molecular formula is C16H21N3O2. The fraction of sp³-hybridized carbons (Fsp3) is 0.562. The molecule has 0 unspecified atom stereocenters. The summed E-state index contributed by atoms with van der Waals surface area (Å²) in [5.41, 5.74) is 2.11. The Morgan fingerprint density at radius 3 is 2.67 bits per heavy atom. The summed E-state index contributed by atoms with van der Waals surface area (Å²) in [6, 6.07) is 2.26. The van der Waals surface area contributed by atoms with Gasteiger partial charge in [0.05, 0.1) is 0 Å². The number of rotatable bonds is 4. The van der Waals surface area contributed by atoms with Crippen LogP contribution in [0.2, 0.25) is 0 Å². The Morgan fingerprint density at radius 2 is 2.05 bits per heavy atom. The molecule has 21 heavy (non-hydrogen) atoms. The molecular weight excluding hydrogens is 266 g/mol. The molecule has 1 aliphatic rings. The number of nitrogens with one attached hydrogen (secondary N) is 2. The lowest BCUT2D eigenvalue weighted by Gasteiger charge is -2.13. The number of carbonyl (C=O) groups is 1. The number of pyridine rings is 1. The normalized spacial score (nSPS) is 14.9. The molecule has 1 amide bonds. The van der Waals surface area contributed by atoms with E-state index in [4.69, 9.17) is 5.26 Å². The van der Waals surface area contributed by atoms with Crippen LogP contribution in [0, 0.1) is 25.2 Å². The minimum Gasteiger partial charge on any atom is -0.353 e. The molecule has 5 nitrogen and oxygen atoms in total. The predicted octanol–water partition coefficient (Wildman–Crippen LogP) is 1.85. The number of H-pyrrole nitrogens is 1. The van der Waals surface area contributed by atoms with Crippen LogP contribution >= 0.6 is 0 Å². The zero-order chi connectivity index (χ0) is 15.4. The number of hydrogen-bond acceptors (Lipinski definition) is 3. The third-order valence-electron chi connectivity index (χ3n) is 4.24. The van der Waals surface area contributed by atoms with E-state index in [-0.39, 0.29) is 17.0 Å². The number of amides is 1. The van der Waals surface area contributed by atoms with Crippen LogP contribution in [0.5, 0.6) is 0 Å². The third-order valence-corrected chi connectivity index (χ3v) is 4.24. The first-order valence-corrected chi connectivity index (χ1v) is 7.44. The molecule has 1 saturated carbocycles. The van der Waals surface area contributed by atoms with Crippen molar-refractivity contribution in [3.05, 3.63) is 32.7 Å². The van der Waals surface area contributed by atoms with Crippen molar-refractivity contribution in [2.75, 3.05) is 0 Å². The van der Waals surface area contributed by atoms with Gasteiger partial charge in [-0.25, -0.2) is 0 Å². The first kappa shape index (κ1) is 15.3. The van der Waals surface area contributed by atoms with Gasteiger partial charge in [0, 0.05) is 18.2 Å². The molecule has 0 spiro atoms. The van der Waals surface area contributed by atoms with Gasteiger partial charge in [0.2, 0.25) is 5.91 Å². The zero-order valence-electron chi connectivity index (χ0n) is 12.6. The van der Waals surface area contributed by atoms with Gasteiger partial charge in [0.15, 0.2) is 0 Å². The Balaban J connectivity index is 2.04. The number of nitriles is 1. The molecule has 2 N–H and O–H groups in total. The van der Waals surface area contributed by atoms with Crippen molar-refractivity contribution in [3.63, 3.8) is 0 Å². The van der Waals surface area contributed by atoms with Crippen LogP contribution in [-0.2, 0) is 11.2 Å². The van der Waals surface area contributed by atoms with Crippen molar-refractivity contribution in [2.45, 2.75) is 58.4 Å². The Kier molecular flexibility index (Phi) is 4.79. The minimum absolute atomic E-state index is 0.0467. The number of hydrogen-bond donors (Lipinski definition) is 2. The molecule has 1 aliphatic carbocycles. The van der Waals surface area contributed by atoms with Gasteiger partial charge in [-0.1, -0.05) is 12.8 Å². The Labute approximate surface area is 124 Å². The third kappa shape index (κ3) is 3.52. The molecule has 0 aromatic carbocycles. The highest BCUT2D eigenvalue weighted by molar-refractivity contribution is 5.76. The second-order valence-electron chi connectivity index (χ2n) is 5.72. The second kappa shape index (κ2) is 6.57. The van der Waals surface area contributed by atoms with Gasteiger partial charge in [-0.3, -0.25) is 9.59 Å². The van der Waals surface area contributed by atoms with Crippen LogP contribution in [0.25, 0.3) is 0 Å². The topological polar surface area (TPSA) is 85.8 Å². The number of nitrogens with zero attached hydrogens (tertiary/aromatic N) is 1. The van der Waals surface area contributed by atoms with E-state index in [1.54, 1.807) is 13.8 Å². The van der Waals surface area contributed by atoms with Gasteiger partial charge < -0.3 is 10.3 Å². The fourth-order valence-electron chi connectivity index (χ4n) is 3.03. The lowest BCUT2D eigenvalue weighted by molar-refractivity contribution is -0.121. The van der Waals surface area contributed by atoms with Crippen LogP contribution in [-0.4, -0.2) is 16.9 Å². The molecule has 0 radical (unpaired) electrons. The highest BCUT2D eigenvalue weighted by atomic mass is 16.1. The maximum absolute atomic E-state index is 12.0. The van der Waals surface area contributed by atoms with Crippen LogP contribution in [0.1, 0.15) is 54.5 Å². The second-order valence-corrected chi connectivity index (χ2v) is 5.72. The molecule has 0 atom stereocenters. The summed E-state index contributed by atoms with van der Waals surface area (Å²) in [6.45, 7) is 3.57. The molecule has 1 fully saturated rings. The first-order valence-electron chi connectivity index (χ1n) is 7.44. The molecule has 0 saturated heterocycles. The fourth-order valence-corrected chi connectivity index (χ4v) is 3.03. The summed E-state index contributed by atoms with van der Waals surface area (Å²) < 4.78 is 0. The van der Waals surface area contributed by atoms with E-state index in [0.717, 1.165) is 24.1 Å². The SMILES string of the molecule is Cc1[nH]c(=O)c(C#N)c(C)c1CCC(=O)NC1CCCC1. The molecule has 1 aromatic rings. The molecule has 5 heteroatoms. The molecule has 0 bridgehead atoms. The molecule has 1 aromatic heterocycles. The monoisotopic (exact) mass is 287 g/mol. The van der Waals surface area contributed by atoms with Crippen LogP contribution in [0.15, 0.2) is 4.79 Å². The standard InChI is InChI=1S/C16H21N3O2/c1-10-13(11(2)18-16(21)14(10)9-17)7-8-15(20)19-12-5-3-4-6-12/h12H,3-8H2,1-2H3,(H,18,21)(H,19,20). The quantitative estimate of drug-likeness (QED) is 0.886. The highest BCUT2D eigenvalue weighted by Gasteiger charge is 2.18. The van der Waals surface area contributed by atoms with E-state index in [2.05, 4.69) is 10.3 Å². The number of aryl methyl sites for hydroxylation is 1. The highest BCUT2D eigenvalue weighted by Crippen LogP contribution is 2.18. The van der Waals surface area contributed by atoms with E-state index < -0.39 is 0 Å². The Bertz CT molecular complexity index is 634. The first-order chi connectivity index (χ1) is 10.0. The van der Waals surface area contributed by atoms with Gasteiger partial charge in [0.1, 0.15) is 11.6 Å². The molecule has 112 valence electrons. The van der Waals surface area contributed by atoms with Gasteiger partial charge in [0.25, 0.3) is 5.56 Å². The number of aromatic amines is 1. The maximum atomic E-state index is 12.0. The number of aromatic nitrogens is 1. The van der Waals surface area contributed by atoms with Crippen LogP contribution < -0.4 is 10.9 Å². The van der Waals surface area contributed by atoms with E-state index in [0.29, 0.717) is 24.4 Å². The van der Waals surface area contributed by atoms with Crippen molar-refractivity contribution in [1.82, 2.24) is 10.3 Å². The zero-order valence-corrected chi connectivity index (χ0v) is 12.6. The lowest BCUT2D eigenvalue weighted by atomic mass is 9.99. The predicted molar refractivity (Wildman–Crippen MR) is 80.0 cm³/mol. The summed E-state index contributed by atoms with van der Waals surface area (Å²) in [5.74, 6) is 0.0467. The van der Waals surface area contributed by atoms with E-state index in [1.807, 2.05) is 6.07 Å². The van der Waals surface area contributed by atoms with E-state index in [9.17, 15) is 9.59 Å². The molecule has 0 aliphatic heterocycles. The molecule has 2 rings (SSSR count). The van der Waals surface area contributed by atoms with Crippen LogP contribution in [0.4, 0.5) is 0 Å². The summed E-state index contributed by atoms with van der Waals surface area (Å²) in [5, 5.41) is 12.1. The van der Waals surface area contributed by atoms with Crippen molar-refractivity contribution in [2.24, 2.45) is 0 Å². The molecule has 1 heterocycles. The largest absolute Gasteiger partial charge is 0.353 e. The lowest BCUT2D eigenvalue weighted by Crippen LogP contribution is -2.32. The van der Waals surface area contributed by atoms with Crippen molar-refractivity contribution >= 4 is 5.91 Å². The van der Waals surface area contributed by atoms with Gasteiger partial charge in [-0.05, 0) is 44.2 Å². The average molecular weight is 287 g/mol. The average Bonchev–Trinajstić information content (AvgIpc) is 2.91. The van der Waals surface area contributed by atoms with Crippen molar-refractivity contribution < 1.29 is 4.79 Å². The summed E-state index contributed by atoms with van der Waals surface area (Å²) in [6.07, 6.45) is 5.45. The van der Waals surface area contributed by atoms with Crippen molar-refractivity contribution in [1.29, 1.82) is 5.26 Å². The maximum Gasteiger partial charge on any atom is 0.266 e. The van der Waals surface area contributed by atoms with Crippen LogP contribution in [0.3, 0.4) is 0 Å². The smallest absolute Gasteiger partial charge is 0.266 e. The van der Waals surface area contributed by atoms with E-state index >= 15 is 0 Å². The summed E-state index contributed by atoms with van der Waals surface area (Å²) >= 11 is 0. The minimum atomic E-state index is -0.355.